The first-order chi connectivity index (χ1) is 22.8. The lowest BCUT2D eigenvalue weighted by Crippen LogP contribution is -2.54. The maximum atomic E-state index is 13.3. The molecule has 2 N–H and O–H groups in total. The third-order valence-corrected chi connectivity index (χ3v) is 6.95. The van der Waals surface area contributed by atoms with Crippen molar-refractivity contribution in [2.24, 2.45) is 0 Å². The van der Waals surface area contributed by atoms with Gasteiger partial charge in [-0.15, -0.1) is 0 Å². The smallest absolute Gasteiger partial charge is 0.338 e. The van der Waals surface area contributed by atoms with Crippen molar-refractivity contribution < 1.29 is 61.9 Å². The summed E-state index contributed by atoms with van der Waals surface area (Å²) in [4.78, 5) is 89.4. The van der Waals surface area contributed by atoms with Gasteiger partial charge < -0.3 is 43.2 Å². The maximum Gasteiger partial charge on any atom is 0.338 e. The van der Waals surface area contributed by atoms with Gasteiger partial charge in [0, 0.05) is 51.9 Å². The van der Waals surface area contributed by atoms with Crippen LogP contribution >= 0.6 is 0 Å². The highest BCUT2D eigenvalue weighted by Gasteiger charge is 2.56. The third-order valence-electron chi connectivity index (χ3n) is 6.95. The van der Waals surface area contributed by atoms with Crippen LogP contribution in [0.25, 0.3) is 0 Å². The van der Waals surface area contributed by atoms with Gasteiger partial charge in [0.2, 0.25) is 12.4 Å². The first kappa shape index (κ1) is 35.5. The molecule has 0 bridgehead atoms. The molecule has 258 valence electrons. The minimum Gasteiger partial charge on any atom is -0.467 e. The summed E-state index contributed by atoms with van der Waals surface area (Å²) in [7, 11) is 2.22. The third kappa shape index (κ3) is 8.33. The van der Waals surface area contributed by atoms with E-state index in [2.05, 4.69) is 10.3 Å². The Morgan fingerprint density at radius 1 is 0.875 bits per heavy atom. The summed E-state index contributed by atoms with van der Waals surface area (Å²) < 4.78 is 45.4. The number of anilines is 1. The number of H-pyrrole nitrogens is 1. The Morgan fingerprint density at radius 2 is 1.52 bits per heavy atom. The van der Waals surface area contributed by atoms with Crippen LogP contribution in [0.2, 0.25) is 0 Å². The van der Waals surface area contributed by atoms with Gasteiger partial charge in [-0.3, -0.25) is 33.5 Å². The number of carbonyl (C=O) groups excluding carboxylic acids is 5. The number of methoxy groups -OCH3 is 2. The largest absolute Gasteiger partial charge is 0.467 e. The predicted octanol–water partition coefficient (Wildman–Crippen LogP) is -0.319. The van der Waals surface area contributed by atoms with Gasteiger partial charge >= 0.3 is 29.6 Å². The summed E-state index contributed by atoms with van der Waals surface area (Å²) in [5, 5.41) is 2.60. The fraction of sp³-hybridized carbons (Fsp3) is 0.433. The fourth-order valence-corrected chi connectivity index (χ4v) is 5.06. The van der Waals surface area contributed by atoms with Crippen molar-refractivity contribution in [2.75, 3.05) is 19.5 Å². The van der Waals surface area contributed by atoms with Gasteiger partial charge in [0.15, 0.2) is 30.3 Å². The second-order valence-electron chi connectivity index (χ2n) is 10.3. The molecule has 0 saturated carbocycles. The van der Waals surface area contributed by atoms with Crippen LogP contribution in [0.4, 0.5) is 5.69 Å². The van der Waals surface area contributed by atoms with Crippen molar-refractivity contribution >= 4 is 35.5 Å². The van der Waals surface area contributed by atoms with Crippen LogP contribution in [-0.4, -0.2) is 96.5 Å². The molecule has 0 unspecified atom stereocenters. The van der Waals surface area contributed by atoms with Crippen molar-refractivity contribution in [3.8, 4) is 0 Å². The monoisotopic (exact) mass is 675 g/mol. The van der Waals surface area contributed by atoms with Gasteiger partial charge in [0.05, 0.1) is 7.11 Å². The Hall–Kier alpha value is -5.33. The Morgan fingerprint density at radius 3 is 2.10 bits per heavy atom. The molecule has 1 fully saturated rings. The van der Waals surface area contributed by atoms with Gasteiger partial charge in [-0.05, 0) is 12.1 Å². The summed E-state index contributed by atoms with van der Waals surface area (Å²) >= 11 is 0. The van der Waals surface area contributed by atoms with Gasteiger partial charge in [-0.2, -0.15) is 0 Å². The Labute approximate surface area is 271 Å². The van der Waals surface area contributed by atoms with Crippen LogP contribution in [0.1, 0.15) is 27.0 Å². The summed E-state index contributed by atoms with van der Waals surface area (Å²) in [6.45, 7) is 3.22. The second kappa shape index (κ2) is 15.5. The molecule has 18 heteroatoms. The number of esters is 4. The van der Waals surface area contributed by atoms with Crippen molar-refractivity contribution in [1.29, 1.82) is 0 Å². The van der Waals surface area contributed by atoms with Crippen LogP contribution in [0.5, 0.6) is 0 Å². The Bertz CT molecular complexity index is 1670. The molecule has 1 amide bonds. The SMILES string of the molecule is COC(=O)[C@H](O[C@H]1OC(C(=O)Nc2ccccc2)=C[C@H](OC(C)=O)[C@@H]1OC(C)=O)[C@H]1O[C@@H](n2ccc(=O)[nH]c2=O)[C@H](OC(C)=O)[C@@H]1OC. The predicted molar refractivity (Wildman–Crippen MR) is 158 cm³/mol. The number of amides is 1. The van der Waals surface area contributed by atoms with Crippen LogP contribution < -0.4 is 16.6 Å². The number of benzene rings is 1. The lowest BCUT2D eigenvalue weighted by molar-refractivity contribution is -0.254. The van der Waals surface area contributed by atoms with Gasteiger partial charge in [0.25, 0.3) is 11.5 Å². The zero-order chi connectivity index (χ0) is 35.1. The number of hydrogen-bond acceptors (Lipinski definition) is 15. The van der Waals surface area contributed by atoms with E-state index in [4.69, 9.17) is 37.9 Å². The summed E-state index contributed by atoms with van der Waals surface area (Å²) in [6, 6.07) is 9.28. The molecule has 2 aliphatic rings. The molecule has 18 nitrogen and oxygen atoms in total. The molecule has 4 rings (SSSR count). The minimum absolute atomic E-state index is 0.380. The second-order valence-corrected chi connectivity index (χ2v) is 10.3. The molecule has 1 aromatic heterocycles. The normalized spacial score (nSPS) is 25.4. The van der Waals surface area contributed by atoms with Crippen LogP contribution in [0.3, 0.4) is 0 Å². The molecule has 0 aliphatic carbocycles. The van der Waals surface area contributed by atoms with E-state index in [0.717, 1.165) is 50.8 Å². The number of hydrogen-bond donors (Lipinski definition) is 2. The van der Waals surface area contributed by atoms with Crippen LogP contribution in [0.15, 0.2) is 64.0 Å². The first-order valence-electron chi connectivity index (χ1n) is 14.3. The molecule has 8 atom stereocenters. The van der Waals surface area contributed by atoms with Crippen molar-refractivity contribution in [1.82, 2.24) is 9.55 Å². The number of rotatable bonds is 11. The first-order valence-corrected chi connectivity index (χ1v) is 14.3. The van der Waals surface area contributed by atoms with E-state index in [-0.39, 0.29) is 0 Å². The van der Waals surface area contributed by atoms with E-state index >= 15 is 0 Å². The number of ether oxygens (including phenoxy) is 8. The molecule has 3 heterocycles. The summed E-state index contributed by atoms with van der Waals surface area (Å²) in [5.74, 6) is -4.85. The molecular formula is C30H33N3O15. The standard InChI is InChI=1S/C30H33N3O15/c1-14(34)43-18-13-19(26(38)31-17-9-7-6-8-10-17)46-29(21(18)44-15(2)35)48-25(28(39)42-5)23-22(41-4)24(45-16(3)36)27(47-23)33-12-11-20(37)32-30(33)40/h6-13,18,21-25,27,29H,1-5H3,(H,31,38)(H,32,37,40)/t18-,21-,22+,23-,24+,25+,27+,29+/m0/s1. The van der Waals surface area contributed by atoms with Crippen LogP contribution in [0, 0.1) is 0 Å². The Balaban J connectivity index is 1.75. The molecule has 0 spiro atoms. The molecule has 1 aromatic carbocycles. The van der Waals surface area contributed by atoms with Gasteiger partial charge in [-0.1, -0.05) is 18.2 Å². The topological polar surface area (TPSA) is 226 Å². The van der Waals surface area contributed by atoms with Gasteiger partial charge in [0.1, 0.15) is 12.2 Å². The number of aromatic amines is 1. The van der Waals surface area contributed by atoms with Crippen molar-refractivity contribution in [3.63, 3.8) is 0 Å². The molecule has 48 heavy (non-hydrogen) atoms. The van der Waals surface area contributed by atoms with E-state index in [1.54, 1.807) is 30.3 Å². The number of nitrogens with zero attached hydrogens (tertiary/aromatic N) is 1. The minimum atomic E-state index is -1.86. The quantitative estimate of drug-likeness (QED) is 0.230. The molecule has 2 aliphatic heterocycles. The number of para-hydroxylation sites is 1. The maximum absolute atomic E-state index is 13.3. The van der Waals surface area contributed by atoms with E-state index < -0.39 is 95.9 Å². The zero-order valence-electron chi connectivity index (χ0n) is 26.3. The van der Waals surface area contributed by atoms with E-state index in [0.29, 0.717) is 5.69 Å². The van der Waals surface area contributed by atoms with Crippen LogP contribution in [-0.2, 0) is 61.9 Å². The van der Waals surface area contributed by atoms with E-state index in [1.165, 1.54) is 7.11 Å². The highest BCUT2D eigenvalue weighted by atomic mass is 16.7. The zero-order valence-corrected chi connectivity index (χ0v) is 26.3. The molecule has 1 saturated heterocycles. The summed E-state index contributed by atoms with van der Waals surface area (Å²) in [6.07, 6.45) is -10.3. The fourth-order valence-electron chi connectivity index (χ4n) is 5.06. The number of aromatic nitrogens is 2. The number of nitrogens with one attached hydrogen (secondary N) is 2. The van der Waals surface area contributed by atoms with Crippen molar-refractivity contribution in [2.45, 2.75) is 69.9 Å². The Kier molecular flexibility index (Phi) is 11.5. The van der Waals surface area contributed by atoms with Crippen molar-refractivity contribution in [3.05, 3.63) is 75.3 Å². The summed E-state index contributed by atoms with van der Waals surface area (Å²) in [5.41, 5.74) is -1.28. The average molecular weight is 676 g/mol. The molecular weight excluding hydrogens is 642 g/mol. The lowest BCUT2D eigenvalue weighted by atomic mass is 10.0. The number of carbonyl (C=O) groups is 5. The molecule has 0 radical (unpaired) electrons. The van der Waals surface area contributed by atoms with E-state index in [1.807, 2.05) is 0 Å². The highest BCUT2D eigenvalue weighted by molar-refractivity contribution is 6.02. The van der Waals surface area contributed by atoms with E-state index in [9.17, 15) is 33.6 Å². The lowest BCUT2D eigenvalue weighted by Gasteiger charge is -2.37. The highest BCUT2D eigenvalue weighted by Crippen LogP contribution is 2.37. The average Bonchev–Trinajstić information content (AvgIpc) is 3.37. The van der Waals surface area contributed by atoms with Gasteiger partial charge in [-0.25, -0.2) is 9.59 Å². The molecule has 2 aromatic rings.